The molecular formula is C18H19NO2. The molecule has 1 atom stereocenters. The van der Waals surface area contributed by atoms with Crippen molar-refractivity contribution in [2.75, 3.05) is 0 Å². The van der Waals surface area contributed by atoms with E-state index < -0.39 is 6.04 Å². The third-order valence-corrected chi connectivity index (χ3v) is 3.29. The SMILES string of the molecule is O=CC(Cc1ccccc1)NC(=O)CCc1ccccc1. The Hall–Kier alpha value is -2.42. The Labute approximate surface area is 125 Å². The highest BCUT2D eigenvalue weighted by Gasteiger charge is 2.11. The standard InChI is InChI=1S/C18H19NO2/c20-14-17(13-16-9-5-2-6-10-16)19-18(21)12-11-15-7-3-1-4-8-15/h1-10,14,17H,11-13H2,(H,19,21). The van der Waals surface area contributed by atoms with Crippen LogP contribution in [-0.2, 0) is 22.4 Å². The summed E-state index contributed by atoms with van der Waals surface area (Å²) in [5.74, 6) is -0.0908. The smallest absolute Gasteiger partial charge is 0.220 e. The first kappa shape index (κ1) is 15.0. The average Bonchev–Trinajstić information content (AvgIpc) is 2.54. The molecule has 0 heterocycles. The topological polar surface area (TPSA) is 46.2 Å². The van der Waals surface area contributed by atoms with Crippen LogP contribution in [0.5, 0.6) is 0 Å². The van der Waals surface area contributed by atoms with E-state index in [1.807, 2.05) is 60.7 Å². The van der Waals surface area contributed by atoms with Gasteiger partial charge in [-0.15, -0.1) is 0 Å². The van der Waals surface area contributed by atoms with Crippen LogP contribution >= 0.6 is 0 Å². The summed E-state index contributed by atoms with van der Waals surface area (Å²) in [6.07, 6.45) is 2.40. The van der Waals surface area contributed by atoms with Gasteiger partial charge in [0.05, 0.1) is 6.04 Å². The van der Waals surface area contributed by atoms with Gasteiger partial charge >= 0.3 is 0 Å². The van der Waals surface area contributed by atoms with E-state index in [1.165, 1.54) is 0 Å². The average molecular weight is 281 g/mol. The lowest BCUT2D eigenvalue weighted by molar-refractivity contribution is -0.124. The molecule has 0 spiro atoms. The minimum absolute atomic E-state index is 0.0908. The summed E-state index contributed by atoms with van der Waals surface area (Å²) in [7, 11) is 0. The maximum Gasteiger partial charge on any atom is 0.220 e. The predicted molar refractivity (Wildman–Crippen MR) is 82.9 cm³/mol. The van der Waals surface area contributed by atoms with Crippen molar-refractivity contribution in [1.29, 1.82) is 0 Å². The van der Waals surface area contributed by atoms with E-state index >= 15 is 0 Å². The maximum atomic E-state index is 11.9. The Bertz CT molecular complexity index is 566. The molecule has 2 aromatic rings. The number of benzene rings is 2. The molecule has 1 unspecified atom stereocenters. The largest absolute Gasteiger partial charge is 0.346 e. The lowest BCUT2D eigenvalue weighted by Crippen LogP contribution is -2.37. The fourth-order valence-electron chi connectivity index (χ4n) is 2.18. The molecule has 1 amide bonds. The van der Waals surface area contributed by atoms with Gasteiger partial charge in [-0.05, 0) is 24.0 Å². The zero-order chi connectivity index (χ0) is 14.9. The summed E-state index contributed by atoms with van der Waals surface area (Å²) in [4.78, 5) is 23.0. The van der Waals surface area contributed by atoms with E-state index in [-0.39, 0.29) is 5.91 Å². The highest BCUT2D eigenvalue weighted by molar-refractivity contribution is 5.79. The van der Waals surface area contributed by atoms with Gasteiger partial charge in [-0.25, -0.2) is 0 Å². The van der Waals surface area contributed by atoms with Gasteiger partial charge in [-0.1, -0.05) is 60.7 Å². The van der Waals surface area contributed by atoms with Gasteiger partial charge in [0.15, 0.2) is 0 Å². The molecule has 0 saturated carbocycles. The normalized spacial score (nSPS) is 11.6. The van der Waals surface area contributed by atoms with E-state index in [9.17, 15) is 9.59 Å². The van der Waals surface area contributed by atoms with Crippen LogP contribution in [0.4, 0.5) is 0 Å². The van der Waals surface area contributed by atoms with Crippen LogP contribution in [0.3, 0.4) is 0 Å². The van der Waals surface area contributed by atoms with Crippen LogP contribution in [0.15, 0.2) is 60.7 Å². The van der Waals surface area contributed by atoms with Crippen molar-refractivity contribution in [3.8, 4) is 0 Å². The van der Waals surface area contributed by atoms with Crippen molar-refractivity contribution in [2.24, 2.45) is 0 Å². The van der Waals surface area contributed by atoms with Crippen LogP contribution in [0.1, 0.15) is 17.5 Å². The molecule has 1 N–H and O–H groups in total. The Morgan fingerprint density at radius 2 is 1.52 bits per heavy atom. The van der Waals surface area contributed by atoms with E-state index in [1.54, 1.807) is 0 Å². The number of hydrogen-bond donors (Lipinski definition) is 1. The third kappa shape index (κ3) is 5.22. The number of aryl methyl sites for hydroxylation is 1. The number of amides is 1. The molecule has 0 aliphatic carbocycles. The lowest BCUT2D eigenvalue weighted by atomic mass is 10.1. The van der Waals surface area contributed by atoms with Gasteiger partial charge in [0.25, 0.3) is 0 Å². The van der Waals surface area contributed by atoms with Crippen molar-refractivity contribution in [2.45, 2.75) is 25.3 Å². The second kappa shape index (κ2) is 8.00. The van der Waals surface area contributed by atoms with E-state index in [0.29, 0.717) is 19.3 Å². The maximum absolute atomic E-state index is 11.9. The van der Waals surface area contributed by atoms with Crippen LogP contribution in [0, 0.1) is 0 Å². The molecular weight excluding hydrogens is 262 g/mol. The molecule has 0 aromatic heterocycles. The van der Waals surface area contributed by atoms with Crippen LogP contribution in [0.25, 0.3) is 0 Å². The second-order valence-electron chi connectivity index (χ2n) is 4.99. The van der Waals surface area contributed by atoms with Crippen molar-refractivity contribution < 1.29 is 9.59 Å². The molecule has 21 heavy (non-hydrogen) atoms. The van der Waals surface area contributed by atoms with Gasteiger partial charge in [0.2, 0.25) is 5.91 Å². The number of carbonyl (C=O) groups is 2. The summed E-state index contributed by atoms with van der Waals surface area (Å²) in [6, 6.07) is 19.1. The molecule has 0 aliphatic rings. The van der Waals surface area contributed by atoms with Crippen molar-refractivity contribution in [3.05, 3.63) is 71.8 Å². The number of rotatable bonds is 7. The fraction of sp³-hybridized carbons (Fsp3) is 0.222. The predicted octanol–water partition coefficient (Wildman–Crippen LogP) is 2.55. The van der Waals surface area contributed by atoms with Gasteiger partial charge in [-0.3, -0.25) is 4.79 Å². The summed E-state index contributed by atoms with van der Waals surface area (Å²) in [5.41, 5.74) is 2.16. The van der Waals surface area contributed by atoms with E-state index in [4.69, 9.17) is 0 Å². The first-order valence-electron chi connectivity index (χ1n) is 7.10. The van der Waals surface area contributed by atoms with E-state index in [2.05, 4.69) is 5.32 Å². The molecule has 3 heteroatoms. The first-order valence-corrected chi connectivity index (χ1v) is 7.10. The summed E-state index contributed by atoms with van der Waals surface area (Å²) in [5, 5.41) is 2.78. The number of aldehydes is 1. The lowest BCUT2D eigenvalue weighted by Gasteiger charge is -2.13. The Balaban J connectivity index is 1.81. The first-order chi connectivity index (χ1) is 10.3. The minimum Gasteiger partial charge on any atom is -0.346 e. The summed E-state index contributed by atoms with van der Waals surface area (Å²) in [6.45, 7) is 0. The second-order valence-corrected chi connectivity index (χ2v) is 4.99. The Morgan fingerprint density at radius 1 is 0.952 bits per heavy atom. The fourth-order valence-corrected chi connectivity index (χ4v) is 2.18. The summed E-state index contributed by atoms with van der Waals surface area (Å²) < 4.78 is 0. The van der Waals surface area contributed by atoms with Crippen LogP contribution in [0.2, 0.25) is 0 Å². The molecule has 0 saturated heterocycles. The molecule has 0 radical (unpaired) electrons. The zero-order valence-electron chi connectivity index (χ0n) is 11.9. The number of nitrogens with one attached hydrogen (secondary N) is 1. The van der Waals surface area contributed by atoms with Gasteiger partial charge in [0.1, 0.15) is 6.29 Å². The Kier molecular flexibility index (Phi) is 5.71. The molecule has 0 bridgehead atoms. The van der Waals surface area contributed by atoms with Crippen LogP contribution in [-0.4, -0.2) is 18.2 Å². The van der Waals surface area contributed by atoms with Crippen molar-refractivity contribution in [3.63, 3.8) is 0 Å². The molecule has 108 valence electrons. The molecule has 0 fully saturated rings. The highest BCUT2D eigenvalue weighted by Crippen LogP contribution is 2.04. The third-order valence-electron chi connectivity index (χ3n) is 3.29. The van der Waals surface area contributed by atoms with Crippen molar-refractivity contribution in [1.82, 2.24) is 5.32 Å². The number of carbonyl (C=O) groups excluding carboxylic acids is 2. The van der Waals surface area contributed by atoms with Crippen LogP contribution < -0.4 is 5.32 Å². The highest BCUT2D eigenvalue weighted by atomic mass is 16.2. The number of hydrogen-bond acceptors (Lipinski definition) is 2. The molecule has 2 aromatic carbocycles. The summed E-state index contributed by atoms with van der Waals surface area (Å²) >= 11 is 0. The van der Waals surface area contributed by atoms with Gasteiger partial charge in [-0.2, -0.15) is 0 Å². The van der Waals surface area contributed by atoms with Gasteiger partial charge < -0.3 is 10.1 Å². The monoisotopic (exact) mass is 281 g/mol. The molecule has 3 nitrogen and oxygen atoms in total. The molecule has 0 aliphatic heterocycles. The van der Waals surface area contributed by atoms with E-state index in [0.717, 1.165) is 17.4 Å². The quantitative estimate of drug-likeness (QED) is 0.793. The Morgan fingerprint density at radius 3 is 2.10 bits per heavy atom. The minimum atomic E-state index is -0.462. The molecule has 2 rings (SSSR count). The zero-order valence-corrected chi connectivity index (χ0v) is 11.9. The van der Waals surface area contributed by atoms with Gasteiger partial charge in [0, 0.05) is 6.42 Å². The van der Waals surface area contributed by atoms with Crippen molar-refractivity contribution >= 4 is 12.2 Å².